The predicted octanol–water partition coefficient (Wildman–Crippen LogP) is 3.32. The Hall–Kier alpha value is -0.0400. The van der Waals surface area contributed by atoms with Crippen molar-refractivity contribution in [2.45, 2.75) is 64.3 Å². The smallest absolute Gasteiger partial charge is 0.193 e. The highest BCUT2D eigenvalue weighted by Gasteiger charge is 2.18. The monoisotopic (exact) mass is 422 g/mol. The predicted molar refractivity (Wildman–Crippen MR) is 106 cm³/mol. The van der Waals surface area contributed by atoms with Crippen LogP contribution in [0.3, 0.4) is 0 Å². The second kappa shape index (κ2) is 11.5. The minimum atomic E-state index is 0. The molecule has 22 heavy (non-hydrogen) atoms. The molecule has 1 saturated carbocycles. The average molecular weight is 422 g/mol. The highest BCUT2D eigenvalue weighted by atomic mass is 127. The first-order chi connectivity index (χ1) is 10.3. The second-order valence-corrected chi connectivity index (χ2v) is 6.56. The summed E-state index contributed by atoms with van der Waals surface area (Å²) in [5.74, 6) is 1.13. The quantitative estimate of drug-likeness (QED) is 0.308. The van der Waals surface area contributed by atoms with Gasteiger partial charge in [-0.3, -0.25) is 4.99 Å². The van der Waals surface area contributed by atoms with E-state index in [1.165, 1.54) is 71.0 Å². The number of guanidine groups is 1. The van der Waals surface area contributed by atoms with Gasteiger partial charge in [0.05, 0.1) is 0 Å². The Kier molecular flexibility index (Phi) is 10.4. The first-order valence-electron chi connectivity index (χ1n) is 9.04. The van der Waals surface area contributed by atoms with Crippen molar-refractivity contribution in [2.24, 2.45) is 4.99 Å². The zero-order chi connectivity index (χ0) is 14.9. The molecule has 4 nitrogen and oxygen atoms in total. The fraction of sp³-hybridized carbons (Fsp3) is 0.941. The van der Waals surface area contributed by atoms with E-state index in [4.69, 9.17) is 4.99 Å². The summed E-state index contributed by atoms with van der Waals surface area (Å²) in [6.07, 6.45) is 10.9. The van der Waals surface area contributed by atoms with E-state index >= 15 is 0 Å². The van der Waals surface area contributed by atoms with E-state index in [0.29, 0.717) is 0 Å². The second-order valence-electron chi connectivity index (χ2n) is 6.56. The molecule has 5 heteroatoms. The number of nitrogens with zero attached hydrogens (tertiary/aromatic N) is 3. The van der Waals surface area contributed by atoms with E-state index in [-0.39, 0.29) is 24.0 Å². The fourth-order valence-electron chi connectivity index (χ4n) is 3.56. The summed E-state index contributed by atoms with van der Waals surface area (Å²) in [5.41, 5.74) is 0. The number of hydrogen-bond donors (Lipinski definition) is 1. The van der Waals surface area contributed by atoms with Crippen molar-refractivity contribution >= 4 is 29.9 Å². The Bertz CT molecular complexity index is 310. The molecule has 0 atom stereocenters. The summed E-state index contributed by atoms with van der Waals surface area (Å²) >= 11 is 0. The topological polar surface area (TPSA) is 30.9 Å². The minimum absolute atomic E-state index is 0. The molecule has 0 bridgehead atoms. The van der Waals surface area contributed by atoms with Gasteiger partial charge in [0.1, 0.15) is 0 Å². The molecule has 1 N–H and O–H groups in total. The van der Waals surface area contributed by atoms with Crippen molar-refractivity contribution in [1.29, 1.82) is 0 Å². The maximum Gasteiger partial charge on any atom is 0.193 e. The van der Waals surface area contributed by atoms with Gasteiger partial charge in [-0.15, -0.1) is 24.0 Å². The van der Waals surface area contributed by atoms with Crippen molar-refractivity contribution in [3.63, 3.8) is 0 Å². The summed E-state index contributed by atoms with van der Waals surface area (Å²) in [7, 11) is 2.30. The van der Waals surface area contributed by atoms with Crippen LogP contribution in [0.25, 0.3) is 0 Å². The zero-order valence-corrected chi connectivity index (χ0v) is 16.8. The Morgan fingerprint density at radius 2 is 1.82 bits per heavy atom. The molecule has 2 aliphatic rings. The highest BCUT2D eigenvalue weighted by Crippen LogP contribution is 2.21. The van der Waals surface area contributed by atoms with Gasteiger partial charge < -0.3 is 15.1 Å². The van der Waals surface area contributed by atoms with Gasteiger partial charge in [-0.1, -0.05) is 19.3 Å². The van der Waals surface area contributed by atoms with Crippen LogP contribution in [0.1, 0.15) is 58.3 Å². The molecule has 2 rings (SSSR count). The summed E-state index contributed by atoms with van der Waals surface area (Å²) in [6.45, 7) is 7.62. The first kappa shape index (κ1) is 20.0. The summed E-state index contributed by atoms with van der Waals surface area (Å²) < 4.78 is 0. The third kappa shape index (κ3) is 6.60. The van der Waals surface area contributed by atoms with Crippen LogP contribution < -0.4 is 5.32 Å². The maximum absolute atomic E-state index is 4.82. The largest absolute Gasteiger partial charge is 0.357 e. The molecule has 0 aromatic heterocycles. The van der Waals surface area contributed by atoms with Crippen LogP contribution in [0.5, 0.6) is 0 Å². The van der Waals surface area contributed by atoms with Gasteiger partial charge in [0.2, 0.25) is 0 Å². The van der Waals surface area contributed by atoms with Crippen molar-refractivity contribution in [3.8, 4) is 0 Å². The molecular weight excluding hydrogens is 387 g/mol. The number of aliphatic imine (C=N–C) groups is 1. The first-order valence-corrected chi connectivity index (χ1v) is 9.04. The normalized spacial score (nSPS) is 20.3. The van der Waals surface area contributed by atoms with Gasteiger partial charge >= 0.3 is 0 Å². The lowest BCUT2D eigenvalue weighted by Crippen LogP contribution is -2.39. The zero-order valence-electron chi connectivity index (χ0n) is 14.5. The molecule has 1 saturated heterocycles. The van der Waals surface area contributed by atoms with Crippen molar-refractivity contribution in [2.75, 3.05) is 39.8 Å². The Morgan fingerprint density at radius 3 is 2.45 bits per heavy atom. The number of hydrogen-bond acceptors (Lipinski definition) is 2. The molecule has 0 unspecified atom stereocenters. The van der Waals surface area contributed by atoms with Gasteiger partial charge in [-0.25, -0.2) is 0 Å². The summed E-state index contributed by atoms with van der Waals surface area (Å²) in [5, 5.41) is 3.44. The van der Waals surface area contributed by atoms with E-state index in [9.17, 15) is 0 Å². The molecule has 0 amide bonds. The maximum atomic E-state index is 4.82. The van der Waals surface area contributed by atoms with E-state index in [0.717, 1.165) is 25.1 Å². The molecule has 0 aromatic rings. The molecule has 1 heterocycles. The van der Waals surface area contributed by atoms with Crippen LogP contribution >= 0.6 is 24.0 Å². The third-order valence-corrected chi connectivity index (χ3v) is 4.87. The molecule has 2 fully saturated rings. The van der Waals surface area contributed by atoms with Crippen LogP contribution in [0.15, 0.2) is 4.99 Å². The van der Waals surface area contributed by atoms with Gasteiger partial charge in [0.15, 0.2) is 5.96 Å². The highest BCUT2D eigenvalue weighted by molar-refractivity contribution is 14.0. The average Bonchev–Trinajstić information content (AvgIpc) is 3.05. The van der Waals surface area contributed by atoms with Crippen molar-refractivity contribution in [3.05, 3.63) is 0 Å². The van der Waals surface area contributed by atoms with Crippen molar-refractivity contribution in [1.82, 2.24) is 15.1 Å². The minimum Gasteiger partial charge on any atom is -0.357 e. The third-order valence-electron chi connectivity index (χ3n) is 4.87. The molecule has 130 valence electrons. The number of rotatable bonds is 6. The molecular formula is C17H35IN4. The van der Waals surface area contributed by atoms with Crippen LogP contribution in [0, 0.1) is 0 Å². The van der Waals surface area contributed by atoms with Crippen LogP contribution in [0.4, 0.5) is 0 Å². The molecule has 0 radical (unpaired) electrons. The SMILES string of the molecule is CCNC(=NCCCN(C)C1CCCCC1)N1CCCC1.I. The van der Waals surface area contributed by atoms with Crippen LogP contribution in [-0.2, 0) is 0 Å². The van der Waals surface area contributed by atoms with E-state index in [1.807, 2.05) is 0 Å². The van der Waals surface area contributed by atoms with Gasteiger partial charge in [-0.05, 0) is 52.6 Å². The summed E-state index contributed by atoms with van der Waals surface area (Å²) in [4.78, 5) is 9.80. The van der Waals surface area contributed by atoms with Crippen LogP contribution in [0.2, 0.25) is 0 Å². The Balaban J connectivity index is 0.00000242. The molecule has 1 aliphatic carbocycles. The standard InChI is InChI=1S/C17H34N4.HI/c1-3-18-17(21-14-7-8-15-21)19-12-9-13-20(2)16-10-5-4-6-11-16;/h16H,3-15H2,1-2H3,(H,18,19);1H. The Morgan fingerprint density at radius 1 is 1.14 bits per heavy atom. The number of likely N-dealkylation sites (tertiary alicyclic amines) is 1. The van der Waals surface area contributed by atoms with E-state index in [2.05, 4.69) is 29.1 Å². The summed E-state index contributed by atoms with van der Waals surface area (Å²) in [6, 6.07) is 0.828. The van der Waals surface area contributed by atoms with Crippen molar-refractivity contribution < 1.29 is 0 Å². The molecule has 0 spiro atoms. The molecule has 0 aromatic carbocycles. The van der Waals surface area contributed by atoms with E-state index in [1.54, 1.807) is 0 Å². The van der Waals surface area contributed by atoms with Gasteiger partial charge in [-0.2, -0.15) is 0 Å². The molecule has 1 aliphatic heterocycles. The lowest BCUT2D eigenvalue weighted by atomic mass is 9.94. The van der Waals surface area contributed by atoms with Gasteiger partial charge in [0.25, 0.3) is 0 Å². The lowest BCUT2D eigenvalue weighted by Gasteiger charge is -2.31. The number of halogens is 1. The number of nitrogens with one attached hydrogen (secondary N) is 1. The fourth-order valence-corrected chi connectivity index (χ4v) is 3.56. The Labute approximate surface area is 154 Å². The van der Waals surface area contributed by atoms with E-state index < -0.39 is 0 Å². The lowest BCUT2D eigenvalue weighted by molar-refractivity contribution is 0.191. The van der Waals surface area contributed by atoms with Gasteiger partial charge in [0, 0.05) is 32.2 Å². The van der Waals surface area contributed by atoms with Crippen LogP contribution in [-0.4, -0.2) is 61.6 Å².